The number of carbonyl (C=O) groups excluding carboxylic acids is 2. The smallest absolute Gasteiger partial charge is 0.407 e. The average molecular weight is 593 g/mol. The Labute approximate surface area is 256 Å². The van der Waals surface area contributed by atoms with E-state index in [9.17, 15) is 24.6 Å². The summed E-state index contributed by atoms with van der Waals surface area (Å²) in [5.41, 5.74) is 7.80. The Morgan fingerprint density at radius 3 is 2.30 bits per heavy atom. The number of fused-ring (bicyclic) bond motifs is 2. The van der Waals surface area contributed by atoms with Crippen molar-refractivity contribution >= 4 is 23.6 Å². The lowest BCUT2D eigenvalue weighted by atomic mass is 9.89. The quantitative estimate of drug-likeness (QED) is 0.344. The van der Waals surface area contributed by atoms with Crippen LogP contribution in [0.3, 0.4) is 0 Å². The first-order chi connectivity index (χ1) is 21.2. The van der Waals surface area contributed by atoms with Gasteiger partial charge in [0.25, 0.3) is 11.8 Å². The Kier molecular flexibility index (Phi) is 7.73. The van der Waals surface area contributed by atoms with Crippen molar-refractivity contribution < 1.29 is 24.6 Å². The van der Waals surface area contributed by atoms with Gasteiger partial charge in [-0.15, -0.1) is 0 Å². The number of carbonyl (C=O) groups is 3. The van der Waals surface area contributed by atoms with Crippen LogP contribution in [0.1, 0.15) is 48.7 Å². The molecule has 2 N–H and O–H groups in total. The minimum atomic E-state index is -0.996. The second-order valence-electron chi connectivity index (χ2n) is 11.7. The van der Waals surface area contributed by atoms with Crippen LogP contribution in [-0.2, 0) is 33.0 Å². The number of aliphatic hydroxyl groups excluding tert-OH is 1. The molecule has 0 saturated carbocycles. The highest BCUT2D eigenvalue weighted by molar-refractivity contribution is 6.08. The summed E-state index contributed by atoms with van der Waals surface area (Å²) in [6, 6.07) is 22.6. The largest absolute Gasteiger partial charge is 0.465 e. The number of carboxylic acid groups (broad SMARTS) is 1. The molecule has 1 aromatic heterocycles. The third-order valence-corrected chi connectivity index (χ3v) is 9.17. The summed E-state index contributed by atoms with van der Waals surface area (Å²) in [7, 11) is 3.63. The van der Waals surface area contributed by atoms with Gasteiger partial charge in [0.1, 0.15) is 0 Å². The van der Waals surface area contributed by atoms with Crippen LogP contribution in [-0.4, -0.2) is 68.7 Å². The second-order valence-corrected chi connectivity index (χ2v) is 11.7. The van der Waals surface area contributed by atoms with Gasteiger partial charge in [-0.25, -0.2) is 4.79 Å². The van der Waals surface area contributed by atoms with Gasteiger partial charge < -0.3 is 29.5 Å². The van der Waals surface area contributed by atoms with E-state index in [1.54, 1.807) is 16.8 Å². The summed E-state index contributed by atoms with van der Waals surface area (Å²) in [6.07, 6.45) is 0.0641. The molecule has 44 heavy (non-hydrogen) atoms. The van der Waals surface area contributed by atoms with Gasteiger partial charge in [0.2, 0.25) is 0 Å². The minimum absolute atomic E-state index is 0.161. The Hall–Kier alpha value is -4.89. The van der Waals surface area contributed by atoms with Crippen LogP contribution in [0, 0.1) is 6.92 Å². The fourth-order valence-corrected chi connectivity index (χ4v) is 6.43. The van der Waals surface area contributed by atoms with Crippen molar-refractivity contribution in [3.63, 3.8) is 0 Å². The van der Waals surface area contributed by atoms with E-state index in [0.29, 0.717) is 42.6 Å². The molecule has 0 saturated heterocycles. The maximum Gasteiger partial charge on any atom is 0.407 e. The van der Waals surface area contributed by atoms with Crippen LogP contribution >= 0.6 is 0 Å². The number of aromatic nitrogens is 1. The normalized spacial score (nSPS) is 15.9. The summed E-state index contributed by atoms with van der Waals surface area (Å²) < 4.78 is 1.94. The molecule has 3 aromatic carbocycles. The van der Waals surface area contributed by atoms with E-state index in [-0.39, 0.29) is 25.0 Å². The molecular weight excluding hydrogens is 556 g/mol. The zero-order chi connectivity index (χ0) is 31.1. The van der Waals surface area contributed by atoms with Crippen molar-refractivity contribution in [2.75, 3.05) is 25.1 Å². The number of nitrogens with zero attached hydrogens (tertiary/aromatic N) is 4. The molecule has 3 amide bonds. The van der Waals surface area contributed by atoms with E-state index in [0.717, 1.165) is 39.3 Å². The SMILES string of the molecule is Cc1c(C(=O)N(C)c2ccccc2)cc(-c2cc3c(cc2C(=O)N2Cc4ccccc4C[C@H]2CO)CN(C(=O)O)CC3)n1C. The van der Waals surface area contributed by atoms with Crippen LogP contribution in [0.15, 0.2) is 72.8 Å². The topological polar surface area (TPSA) is 106 Å². The number of aliphatic hydroxyl groups is 1. The zero-order valence-electron chi connectivity index (χ0n) is 25.2. The van der Waals surface area contributed by atoms with Crippen molar-refractivity contribution in [2.24, 2.45) is 7.05 Å². The summed E-state index contributed by atoms with van der Waals surface area (Å²) in [4.78, 5) is 44.7. The van der Waals surface area contributed by atoms with E-state index in [1.807, 2.05) is 91.3 Å². The van der Waals surface area contributed by atoms with Gasteiger partial charge in [-0.2, -0.15) is 0 Å². The van der Waals surface area contributed by atoms with Gasteiger partial charge in [-0.1, -0.05) is 42.5 Å². The maximum absolute atomic E-state index is 14.5. The highest BCUT2D eigenvalue weighted by Gasteiger charge is 2.33. The van der Waals surface area contributed by atoms with E-state index < -0.39 is 12.1 Å². The van der Waals surface area contributed by atoms with Gasteiger partial charge in [0, 0.05) is 61.9 Å². The Bertz CT molecular complexity index is 1760. The molecule has 6 rings (SSSR count). The average Bonchev–Trinajstić information content (AvgIpc) is 3.35. The van der Waals surface area contributed by atoms with E-state index >= 15 is 0 Å². The number of benzene rings is 3. The van der Waals surface area contributed by atoms with Crippen LogP contribution in [0.5, 0.6) is 0 Å². The van der Waals surface area contributed by atoms with Gasteiger partial charge in [-0.05, 0) is 72.4 Å². The molecule has 0 radical (unpaired) electrons. The molecule has 0 unspecified atom stereocenters. The molecule has 0 spiro atoms. The lowest BCUT2D eigenvalue weighted by Crippen LogP contribution is -2.46. The van der Waals surface area contributed by atoms with Gasteiger partial charge >= 0.3 is 6.09 Å². The predicted molar refractivity (Wildman–Crippen MR) is 168 cm³/mol. The lowest BCUT2D eigenvalue weighted by molar-refractivity contribution is 0.0544. The summed E-state index contributed by atoms with van der Waals surface area (Å²) in [6.45, 7) is 2.62. The molecule has 3 heterocycles. The van der Waals surface area contributed by atoms with Gasteiger partial charge in [0.15, 0.2) is 0 Å². The number of rotatable bonds is 5. The molecule has 1 atom stereocenters. The van der Waals surface area contributed by atoms with E-state index in [2.05, 4.69) is 0 Å². The van der Waals surface area contributed by atoms with Crippen molar-refractivity contribution in [1.29, 1.82) is 0 Å². The highest BCUT2D eigenvalue weighted by atomic mass is 16.4. The number of hydrogen-bond donors (Lipinski definition) is 2. The third kappa shape index (κ3) is 5.13. The fraction of sp³-hybridized carbons (Fsp3) is 0.286. The monoisotopic (exact) mass is 592 g/mol. The number of amides is 3. The molecule has 9 heteroatoms. The third-order valence-electron chi connectivity index (χ3n) is 9.17. The van der Waals surface area contributed by atoms with Crippen LogP contribution < -0.4 is 4.90 Å². The standard InChI is InChI=1S/C35H36N4O5/c1-22-29(33(41)37(3)27-11-5-4-6-12-27)18-32(36(22)2)30-16-24-13-14-38(35(43)44)19-26(24)17-31(30)34(42)39-20-25-10-8-7-9-23(25)15-28(39)21-40/h4-12,16-18,28,40H,13-15,19-21H2,1-3H3,(H,43,44)/t28-/m0/s1. The molecule has 0 bridgehead atoms. The number of para-hydroxylation sites is 1. The lowest BCUT2D eigenvalue weighted by Gasteiger charge is -2.37. The van der Waals surface area contributed by atoms with Gasteiger partial charge in [-0.3, -0.25) is 9.59 Å². The van der Waals surface area contributed by atoms with Crippen LogP contribution in [0.4, 0.5) is 10.5 Å². The molecule has 0 aliphatic carbocycles. The highest BCUT2D eigenvalue weighted by Crippen LogP contribution is 2.35. The molecular formula is C35H36N4O5. The van der Waals surface area contributed by atoms with Crippen LogP contribution in [0.25, 0.3) is 11.3 Å². The predicted octanol–water partition coefficient (Wildman–Crippen LogP) is 4.87. The van der Waals surface area contributed by atoms with Crippen molar-refractivity contribution in [1.82, 2.24) is 14.4 Å². The molecule has 9 nitrogen and oxygen atoms in total. The van der Waals surface area contributed by atoms with Crippen molar-refractivity contribution in [3.05, 3.63) is 112 Å². The summed E-state index contributed by atoms with van der Waals surface area (Å²) in [5, 5.41) is 20.0. The maximum atomic E-state index is 14.5. The number of hydrogen-bond acceptors (Lipinski definition) is 4. The van der Waals surface area contributed by atoms with E-state index in [1.165, 1.54) is 4.90 Å². The number of anilines is 1. The molecule has 226 valence electrons. The first-order valence-electron chi connectivity index (χ1n) is 14.8. The molecule has 0 fully saturated rings. The minimum Gasteiger partial charge on any atom is -0.465 e. The Balaban J connectivity index is 1.46. The first kappa shape index (κ1) is 29.2. The van der Waals surface area contributed by atoms with Crippen molar-refractivity contribution in [2.45, 2.75) is 38.9 Å². The Morgan fingerprint density at radius 1 is 0.886 bits per heavy atom. The molecule has 4 aromatic rings. The Morgan fingerprint density at radius 2 is 1.59 bits per heavy atom. The zero-order valence-corrected chi connectivity index (χ0v) is 25.2. The van der Waals surface area contributed by atoms with Crippen LogP contribution in [0.2, 0.25) is 0 Å². The van der Waals surface area contributed by atoms with Gasteiger partial charge in [0.05, 0.1) is 18.2 Å². The first-order valence-corrected chi connectivity index (χ1v) is 14.8. The molecule has 2 aliphatic heterocycles. The fourth-order valence-electron chi connectivity index (χ4n) is 6.43. The van der Waals surface area contributed by atoms with Crippen molar-refractivity contribution in [3.8, 4) is 11.3 Å². The summed E-state index contributed by atoms with van der Waals surface area (Å²) in [5.74, 6) is -0.400. The molecule has 2 aliphatic rings. The van der Waals surface area contributed by atoms with E-state index in [4.69, 9.17) is 0 Å². The summed E-state index contributed by atoms with van der Waals surface area (Å²) >= 11 is 0. The second kappa shape index (κ2) is 11.7.